The fourth-order valence-corrected chi connectivity index (χ4v) is 1.34. The minimum Gasteiger partial charge on any atom is -0.377 e. The van der Waals surface area contributed by atoms with E-state index >= 15 is 0 Å². The van der Waals surface area contributed by atoms with E-state index in [0.29, 0.717) is 6.61 Å². The van der Waals surface area contributed by atoms with Gasteiger partial charge in [-0.1, -0.05) is 6.92 Å². The van der Waals surface area contributed by atoms with Crippen LogP contribution in [0.1, 0.15) is 19.2 Å². The summed E-state index contributed by atoms with van der Waals surface area (Å²) in [6.07, 6.45) is 1.10. The molecule has 0 amide bonds. The van der Waals surface area contributed by atoms with Crippen molar-refractivity contribution >= 4 is 16.7 Å². The highest BCUT2D eigenvalue weighted by molar-refractivity contribution is 7.09. The molecule has 1 rings (SSSR count). The highest BCUT2D eigenvalue weighted by Crippen LogP contribution is 2.10. The zero-order valence-electron chi connectivity index (χ0n) is 7.33. The van der Waals surface area contributed by atoms with Gasteiger partial charge in [0, 0.05) is 25.2 Å². The quantitative estimate of drug-likeness (QED) is 0.759. The van der Waals surface area contributed by atoms with E-state index in [1.54, 1.807) is 7.11 Å². The van der Waals surface area contributed by atoms with Gasteiger partial charge in [-0.25, -0.2) is 4.98 Å². The van der Waals surface area contributed by atoms with Crippen molar-refractivity contribution in [3.8, 4) is 0 Å². The molecule has 0 saturated carbocycles. The van der Waals surface area contributed by atoms with Crippen molar-refractivity contribution < 1.29 is 4.74 Å². The molecule has 1 aromatic rings. The number of rotatable bonds is 5. The van der Waals surface area contributed by atoms with Gasteiger partial charge in [0.15, 0.2) is 5.82 Å². The summed E-state index contributed by atoms with van der Waals surface area (Å²) in [5.74, 6) is 0.751. The summed E-state index contributed by atoms with van der Waals surface area (Å²) in [6.45, 7) is 3.55. The van der Waals surface area contributed by atoms with E-state index in [1.807, 2.05) is 0 Å². The summed E-state index contributed by atoms with van der Waals surface area (Å²) in [4.78, 5) is 4.21. The number of methoxy groups -OCH3 is 1. The largest absolute Gasteiger partial charge is 0.377 e. The lowest BCUT2D eigenvalue weighted by molar-refractivity contribution is 0.179. The Morgan fingerprint density at radius 1 is 1.58 bits per heavy atom. The third-order valence-electron chi connectivity index (χ3n) is 1.27. The Morgan fingerprint density at radius 3 is 3.08 bits per heavy atom. The third-order valence-corrected chi connectivity index (χ3v) is 1.98. The molecular formula is C7H13N3OS. The molecule has 1 aromatic heterocycles. The smallest absolute Gasteiger partial charge is 0.202 e. The molecule has 0 unspecified atom stereocenters. The fraction of sp³-hybridized carbons (Fsp3) is 0.714. The molecule has 0 aliphatic rings. The topological polar surface area (TPSA) is 47.0 Å². The van der Waals surface area contributed by atoms with Gasteiger partial charge in [-0.15, -0.1) is 0 Å². The van der Waals surface area contributed by atoms with Crippen LogP contribution in [0.2, 0.25) is 0 Å². The minimum absolute atomic E-state index is 0.490. The lowest BCUT2D eigenvalue weighted by atomic mass is 10.5. The molecule has 0 spiro atoms. The van der Waals surface area contributed by atoms with Crippen molar-refractivity contribution in [3.63, 3.8) is 0 Å². The van der Waals surface area contributed by atoms with E-state index in [2.05, 4.69) is 21.6 Å². The van der Waals surface area contributed by atoms with Crippen LogP contribution in [0.5, 0.6) is 0 Å². The van der Waals surface area contributed by atoms with Crippen molar-refractivity contribution in [1.29, 1.82) is 0 Å². The monoisotopic (exact) mass is 187 g/mol. The molecule has 0 aromatic carbocycles. The Balaban J connectivity index is 2.41. The Kier molecular flexibility index (Phi) is 3.96. The summed E-state index contributed by atoms with van der Waals surface area (Å²) < 4.78 is 9.00. The first kappa shape index (κ1) is 9.41. The predicted molar refractivity (Wildman–Crippen MR) is 49.4 cm³/mol. The first-order valence-electron chi connectivity index (χ1n) is 3.92. The van der Waals surface area contributed by atoms with E-state index in [0.717, 1.165) is 23.9 Å². The van der Waals surface area contributed by atoms with Gasteiger partial charge in [0.05, 0.1) is 0 Å². The molecule has 0 aliphatic carbocycles. The molecule has 0 aliphatic heterocycles. The maximum absolute atomic E-state index is 4.90. The van der Waals surface area contributed by atoms with Crippen molar-refractivity contribution in [2.75, 3.05) is 19.0 Å². The summed E-state index contributed by atoms with van der Waals surface area (Å²) in [5.41, 5.74) is 0. The van der Waals surface area contributed by atoms with Gasteiger partial charge < -0.3 is 10.1 Å². The molecule has 0 bridgehead atoms. The molecule has 0 atom stereocenters. The molecule has 0 radical (unpaired) electrons. The van der Waals surface area contributed by atoms with Crippen LogP contribution >= 0.6 is 11.5 Å². The fourth-order valence-electron chi connectivity index (χ4n) is 0.745. The first-order valence-corrected chi connectivity index (χ1v) is 4.69. The number of nitrogens with zero attached hydrogens (tertiary/aromatic N) is 2. The van der Waals surface area contributed by atoms with Crippen molar-refractivity contribution in [3.05, 3.63) is 5.82 Å². The average molecular weight is 187 g/mol. The van der Waals surface area contributed by atoms with Gasteiger partial charge in [-0.3, -0.25) is 0 Å². The Hall–Kier alpha value is -0.680. The summed E-state index contributed by atoms with van der Waals surface area (Å²) in [5, 5.41) is 4.04. The lowest BCUT2D eigenvalue weighted by Crippen LogP contribution is -1.99. The Labute approximate surface area is 76.1 Å². The highest BCUT2D eigenvalue weighted by Gasteiger charge is 2.01. The molecule has 1 N–H and O–H groups in total. The minimum atomic E-state index is 0.490. The van der Waals surface area contributed by atoms with Crippen LogP contribution < -0.4 is 5.32 Å². The molecule has 0 fully saturated rings. The number of aromatic nitrogens is 2. The molecule has 68 valence electrons. The summed E-state index contributed by atoms with van der Waals surface area (Å²) in [6, 6.07) is 0. The van der Waals surface area contributed by atoms with Crippen molar-refractivity contribution in [2.24, 2.45) is 0 Å². The van der Waals surface area contributed by atoms with E-state index in [-0.39, 0.29) is 0 Å². The lowest BCUT2D eigenvalue weighted by Gasteiger charge is -1.95. The normalized spacial score (nSPS) is 10.2. The van der Waals surface area contributed by atoms with Gasteiger partial charge in [0.2, 0.25) is 5.13 Å². The van der Waals surface area contributed by atoms with Gasteiger partial charge in [-0.2, -0.15) is 4.37 Å². The number of anilines is 1. The van der Waals surface area contributed by atoms with Gasteiger partial charge >= 0.3 is 0 Å². The summed E-state index contributed by atoms with van der Waals surface area (Å²) >= 11 is 1.38. The second-order valence-corrected chi connectivity index (χ2v) is 3.13. The second-order valence-electron chi connectivity index (χ2n) is 2.38. The van der Waals surface area contributed by atoms with Crippen LogP contribution in [0.3, 0.4) is 0 Å². The van der Waals surface area contributed by atoms with Crippen LogP contribution in [0.4, 0.5) is 5.13 Å². The van der Waals surface area contributed by atoms with Crippen molar-refractivity contribution in [1.82, 2.24) is 9.36 Å². The first-order chi connectivity index (χ1) is 5.86. The van der Waals surface area contributed by atoms with Crippen LogP contribution in [-0.2, 0) is 11.3 Å². The molecule has 12 heavy (non-hydrogen) atoms. The SMILES string of the molecule is CCCNc1nc(COC)ns1. The molecule has 0 saturated heterocycles. The average Bonchev–Trinajstić information content (AvgIpc) is 2.50. The maximum Gasteiger partial charge on any atom is 0.202 e. The van der Waals surface area contributed by atoms with Crippen LogP contribution in [0, 0.1) is 0 Å². The predicted octanol–water partition coefficient (Wildman–Crippen LogP) is 1.51. The number of ether oxygens (including phenoxy) is 1. The van der Waals surface area contributed by atoms with Gasteiger partial charge in [-0.05, 0) is 6.42 Å². The van der Waals surface area contributed by atoms with Gasteiger partial charge in [0.1, 0.15) is 6.61 Å². The number of nitrogens with one attached hydrogen (secondary N) is 1. The highest BCUT2D eigenvalue weighted by atomic mass is 32.1. The van der Waals surface area contributed by atoms with Crippen LogP contribution in [-0.4, -0.2) is 23.0 Å². The van der Waals surface area contributed by atoms with E-state index in [9.17, 15) is 0 Å². The van der Waals surface area contributed by atoms with Crippen LogP contribution in [0.25, 0.3) is 0 Å². The van der Waals surface area contributed by atoms with Gasteiger partial charge in [0.25, 0.3) is 0 Å². The second kappa shape index (κ2) is 5.05. The standard InChI is InChI=1S/C7H13N3OS/c1-3-4-8-7-9-6(5-11-2)10-12-7/h3-5H2,1-2H3,(H,8,9,10). The van der Waals surface area contributed by atoms with Crippen LogP contribution in [0.15, 0.2) is 0 Å². The molecule has 5 heteroatoms. The zero-order valence-corrected chi connectivity index (χ0v) is 8.15. The number of hydrogen-bond donors (Lipinski definition) is 1. The van der Waals surface area contributed by atoms with E-state index in [4.69, 9.17) is 4.74 Å². The summed E-state index contributed by atoms with van der Waals surface area (Å²) in [7, 11) is 1.64. The van der Waals surface area contributed by atoms with Crippen molar-refractivity contribution in [2.45, 2.75) is 20.0 Å². The number of hydrogen-bond acceptors (Lipinski definition) is 5. The third kappa shape index (κ3) is 2.75. The molecular weight excluding hydrogens is 174 g/mol. The zero-order chi connectivity index (χ0) is 8.81. The Morgan fingerprint density at radius 2 is 2.42 bits per heavy atom. The molecule has 1 heterocycles. The van der Waals surface area contributed by atoms with E-state index in [1.165, 1.54) is 11.5 Å². The van der Waals surface area contributed by atoms with E-state index < -0.39 is 0 Å². The Bertz CT molecular complexity index is 226. The maximum atomic E-state index is 4.90. The molecule has 4 nitrogen and oxygen atoms in total.